The topological polar surface area (TPSA) is 38.3 Å². The molecule has 0 bridgehead atoms. The van der Waals surface area contributed by atoms with Crippen molar-refractivity contribution in [3.8, 4) is 0 Å². The maximum absolute atomic E-state index is 12.2. The van der Waals surface area contributed by atoms with Crippen molar-refractivity contribution in [1.29, 1.82) is 0 Å². The molecule has 0 radical (unpaired) electrons. The number of ether oxygens (including phenoxy) is 1. The van der Waals surface area contributed by atoms with Gasteiger partial charge in [-0.05, 0) is 51.4 Å². The molecule has 0 heterocycles. The van der Waals surface area contributed by atoms with Crippen molar-refractivity contribution >= 4 is 6.09 Å². The van der Waals surface area contributed by atoms with Gasteiger partial charge in [-0.1, -0.05) is 52.9 Å². The highest BCUT2D eigenvalue weighted by atomic mass is 16.6. The van der Waals surface area contributed by atoms with Gasteiger partial charge in [0.05, 0.1) is 0 Å². The Morgan fingerprint density at radius 2 is 1.73 bits per heavy atom. The minimum absolute atomic E-state index is 0.236. The summed E-state index contributed by atoms with van der Waals surface area (Å²) in [7, 11) is 0. The Bertz CT molecular complexity index is 327. The van der Waals surface area contributed by atoms with E-state index >= 15 is 0 Å². The molecule has 1 aliphatic rings. The fraction of sp³-hybridized carbons (Fsp3) is 0.947. The largest absolute Gasteiger partial charge is 0.444 e. The number of amides is 1. The summed E-state index contributed by atoms with van der Waals surface area (Å²) in [6.07, 6.45) is 8.71. The molecule has 1 saturated carbocycles. The second-order valence-electron chi connectivity index (χ2n) is 8.60. The molecule has 1 unspecified atom stereocenters. The molecule has 1 amide bonds. The van der Waals surface area contributed by atoms with E-state index in [9.17, 15) is 4.79 Å². The van der Waals surface area contributed by atoms with Crippen molar-refractivity contribution in [3.63, 3.8) is 0 Å². The molecule has 1 aliphatic carbocycles. The van der Waals surface area contributed by atoms with Crippen LogP contribution >= 0.6 is 0 Å². The first kappa shape index (κ1) is 19.3. The first-order valence-electron chi connectivity index (χ1n) is 9.17. The lowest BCUT2D eigenvalue weighted by Gasteiger charge is -2.32. The zero-order valence-corrected chi connectivity index (χ0v) is 15.6. The van der Waals surface area contributed by atoms with Gasteiger partial charge in [-0.2, -0.15) is 0 Å². The highest BCUT2D eigenvalue weighted by Crippen LogP contribution is 2.30. The van der Waals surface area contributed by atoms with Crippen LogP contribution in [0.3, 0.4) is 0 Å². The summed E-state index contributed by atoms with van der Waals surface area (Å²) in [5.74, 6) is 1.92. The minimum Gasteiger partial charge on any atom is -0.444 e. The zero-order chi connectivity index (χ0) is 16.8. The second-order valence-corrected chi connectivity index (χ2v) is 8.60. The number of carbonyl (C=O) groups is 1. The summed E-state index contributed by atoms with van der Waals surface area (Å²) < 4.78 is 5.46. The molecule has 1 fully saturated rings. The first-order chi connectivity index (χ1) is 10.2. The molecule has 0 saturated heterocycles. The smallest absolute Gasteiger partial charge is 0.407 e. The summed E-state index contributed by atoms with van der Waals surface area (Å²) in [5, 5.41) is 3.16. The number of rotatable bonds is 6. The van der Waals surface area contributed by atoms with Gasteiger partial charge in [0.15, 0.2) is 0 Å². The van der Waals surface area contributed by atoms with Crippen LogP contribution in [0.25, 0.3) is 0 Å². The standard InChI is InChI=1S/C19H37NO2/c1-14(2)12-15(3)17(13-16-10-8-7-9-11-16)20-18(21)22-19(4,5)6/h14-17H,7-13H2,1-6H3,(H,20,21)/t15?,17-/m0/s1. The summed E-state index contributed by atoms with van der Waals surface area (Å²) in [6.45, 7) is 12.5. The molecule has 0 spiro atoms. The van der Waals surface area contributed by atoms with Gasteiger partial charge in [0.2, 0.25) is 0 Å². The van der Waals surface area contributed by atoms with Gasteiger partial charge >= 0.3 is 6.09 Å². The average molecular weight is 312 g/mol. The predicted octanol–water partition coefficient (Wildman–Crippen LogP) is 5.53. The molecule has 1 N–H and O–H groups in total. The van der Waals surface area contributed by atoms with Crippen LogP contribution in [0.4, 0.5) is 4.79 Å². The predicted molar refractivity (Wildman–Crippen MR) is 93.0 cm³/mol. The molecule has 0 aromatic carbocycles. The summed E-state index contributed by atoms with van der Waals surface area (Å²) in [4.78, 5) is 12.2. The monoisotopic (exact) mass is 311 g/mol. The van der Waals surface area contributed by atoms with E-state index in [2.05, 4.69) is 26.1 Å². The quantitative estimate of drug-likeness (QED) is 0.700. The van der Waals surface area contributed by atoms with E-state index in [1.54, 1.807) is 0 Å². The zero-order valence-electron chi connectivity index (χ0n) is 15.6. The lowest BCUT2D eigenvalue weighted by Crippen LogP contribution is -2.43. The van der Waals surface area contributed by atoms with E-state index in [4.69, 9.17) is 4.74 Å². The van der Waals surface area contributed by atoms with Gasteiger partial charge in [0, 0.05) is 6.04 Å². The third kappa shape index (κ3) is 8.05. The Labute approximate surface area is 137 Å². The molecule has 0 aliphatic heterocycles. The third-order valence-electron chi connectivity index (χ3n) is 4.54. The van der Waals surface area contributed by atoms with Gasteiger partial charge in [-0.25, -0.2) is 4.79 Å². The molecule has 130 valence electrons. The minimum atomic E-state index is -0.430. The molecule has 0 aromatic heterocycles. The third-order valence-corrected chi connectivity index (χ3v) is 4.54. The Kier molecular flexibility index (Phi) is 7.71. The van der Waals surface area contributed by atoms with Gasteiger partial charge in [0.25, 0.3) is 0 Å². The van der Waals surface area contributed by atoms with Crippen molar-refractivity contribution in [2.75, 3.05) is 0 Å². The second kappa shape index (κ2) is 8.79. The van der Waals surface area contributed by atoms with Crippen molar-refractivity contribution < 1.29 is 9.53 Å². The van der Waals surface area contributed by atoms with E-state index in [1.165, 1.54) is 32.1 Å². The van der Waals surface area contributed by atoms with E-state index in [-0.39, 0.29) is 12.1 Å². The number of hydrogen-bond acceptors (Lipinski definition) is 2. The highest BCUT2D eigenvalue weighted by Gasteiger charge is 2.27. The van der Waals surface area contributed by atoms with E-state index in [0.29, 0.717) is 11.8 Å². The van der Waals surface area contributed by atoms with Gasteiger partial charge in [-0.15, -0.1) is 0 Å². The van der Waals surface area contributed by atoms with Crippen LogP contribution in [0.2, 0.25) is 0 Å². The Morgan fingerprint density at radius 3 is 2.23 bits per heavy atom. The number of alkyl carbamates (subject to hydrolysis) is 1. The molecule has 22 heavy (non-hydrogen) atoms. The van der Waals surface area contributed by atoms with Crippen LogP contribution in [-0.4, -0.2) is 17.7 Å². The SMILES string of the molecule is CC(C)CC(C)[C@H](CC1CCCCC1)NC(=O)OC(C)(C)C. The molecular weight excluding hydrogens is 274 g/mol. The van der Waals surface area contributed by atoms with Crippen molar-refractivity contribution in [3.05, 3.63) is 0 Å². The van der Waals surface area contributed by atoms with Gasteiger partial charge < -0.3 is 10.1 Å². The lowest BCUT2D eigenvalue weighted by molar-refractivity contribution is 0.0470. The van der Waals surface area contributed by atoms with E-state index in [1.807, 2.05) is 20.8 Å². The van der Waals surface area contributed by atoms with Crippen LogP contribution in [0, 0.1) is 17.8 Å². The van der Waals surface area contributed by atoms with Crippen molar-refractivity contribution in [2.45, 2.75) is 98.1 Å². The van der Waals surface area contributed by atoms with Crippen LogP contribution in [0.5, 0.6) is 0 Å². The van der Waals surface area contributed by atoms with Crippen LogP contribution in [-0.2, 0) is 4.74 Å². The van der Waals surface area contributed by atoms with Crippen LogP contribution < -0.4 is 5.32 Å². The van der Waals surface area contributed by atoms with Crippen molar-refractivity contribution in [1.82, 2.24) is 5.32 Å². The first-order valence-corrected chi connectivity index (χ1v) is 9.17. The van der Waals surface area contributed by atoms with Crippen molar-refractivity contribution in [2.24, 2.45) is 17.8 Å². The van der Waals surface area contributed by atoms with E-state index in [0.717, 1.165) is 18.8 Å². The fourth-order valence-corrected chi connectivity index (χ4v) is 3.58. The molecular formula is C19H37NO2. The number of carbonyl (C=O) groups excluding carboxylic acids is 1. The molecule has 3 nitrogen and oxygen atoms in total. The molecule has 1 rings (SSSR count). The Morgan fingerprint density at radius 1 is 1.14 bits per heavy atom. The van der Waals surface area contributed by atoms with Gasteiger partial charge in [-0.3, -0.25) is 0 Å². The maximum atomic E-state index is 12.2. The molecule has 0 aromatic rings. The fourth-order valence-electron chi connectivity index (χ4n) is 3.58. The highest BCUT2D eigenvalue weighted by molar-refractivity contribution is 5.68. The number of nitrogens with one attached hydrogen (secondary N) is 1. The Balaban J connectivity index is 2.61. The normalized spacial score (nSPS) is 19.8. The van der Waals surface area contributed by atoms with Crippen LogP contribution in [0.15, 0.2) is 0 Å². The summed E-state index contributed by atoms with van der Waals surface area (Å²) in [6, 6.07) is 0.236. The molecule has 2 atom stereocenters. The van der Waals surface area contributed by atoms with E-state index < -0.39 is 5.60 Å². The van der Waals surface area contributed by atoms with Crippen LogP contribution in [0.1, 0.15) is 86.5 Å². The maximum Gasteiger partial charge on any atom is 0.407 e. The Hall–Kier alpha value is -0.730. The molecule has 3 heteroatoms. The summed E-state index contributed by atoms with van der Waals surface area (Å²) >= 11 is 0. The lowest BCUT2D eigenvalue weighted by atomic mass is 9.80. The summed E-state index contributed by atoms with van der Waals surface area (Å²) in [5.41, 5.74) is -0.430. The average Bonchev–Trinajstić information content (AvgIpc) is 2.36. The van der Waals surface area contributed by atoms with Gasteiger partial charge in [0.1, 0.15) is 5.60 Å². The number of hydrogen-bond donors (Lipinski definition) is 1.